The van der Waals surface area contributed by atoms with Gasteiger partial charge in [0.25, 0.3) is 0 Å². The van der Waals surface area contributed by atoms with Gasteiger partial charge in [-0.1, -0.05) is 0 Å². The van der Waals surface area contributed by atoms with Crippen LogP contribution < -0.4 is 0 Å². The standard InChI is InChI=1S/C10H6F17P/c11-3(12,1-2-28)4(13,14)5(15,16)6(17,18)7(19,20)8(21,22)9(23,24)10(25,26)27/h1-2,28H2. The highest BCUT2D eigenvalue weighted by Crippen LogP contribution is 2.64. The van der Waals surface area contributed by atoms with Crippen molar-refractivity contribution in [2.75, 3.05) is 6.16 Å². The Balaban J connectivity index is 6.63. The Kier molecular flexibility index (Phi) is 6.71. The first-order valence-electron chi connectivity index (χ1n) is 6.22. The van der Waals surface area contributed by atoms with Gasteiger partial charge in [0, 0.05) is 6.42 Å². The molecule has 0 radical (unpaired) electrons. The lowest BCUT2D eigenvalue weighted by Crippen LogP contribution is -2.74. The van der Waals surface area contributed by atoms with Gasteiger partial charge in [0.2, 0.25) is 0 Å². The second kappa shape index (κ2) is 6.89. The van der Waals surface area contributed by atoms with Gasteiger partial charge in [0.1, 0.15) is 0 Å². The van der Waals surface area contributed by atoms with E-state index in [0.29, 0.717) is 0 Å². The summed E-state index contributed by atoms with van der Waals surface area (Å²) in [5.74, 6) is -55.7. The third-order valence-corrected chi connectivity index (χ3v) is 3.53. The van der Waals surface area contributed by atoms with Gasteiger partial charge in [-0.25, -0.2) is 0 Å². The molecule has 0 aliphatic carbocycles. The molecule has 28 heavy (non-hydrogen) atoms. The largest absolute Gasteiger partial charge is 0.460 e. The van der Waals surface area contributed by atoms with Crippen molar-refractivity contribution in [2.45, 2.75) is 54.1 Å². The second-order valence-corrected chi connectivity index (χ2v) is 5.76. The highest BCUT2D eigenvalue weighted by Gasteiger charge is 2.95. The van der Waals surface area contributed by atoms with Crippen molar-refractivity contribution in [3.05, 3.63) is 0 Å². The van der Waals surface area contributed by atoms with E-state index >= 15 is 0 Å². The summed E-state index contributed by atoms with van der Waals surface area (Å²) in [6.45, 7) is 0. The van der Waals surface area contributed by atoms with Gasteiger partial charge in [-0.2, -0.15) is 74.6 Å². The number of hydrogen-bond acceptors (Lipinski definition) is 0. The van der Waals surface area contributed by atoms with Gasteiger partial charge >= 0.3 is 47.6 Å². The number of alkyl halides is 17. The van der Waals surface area contributed by atoms with Crippen molar-refractivity contribution in [2.24, 2.45) is 0 Å². The zero-order chi connectivity index (χ0) is 23.4. The van der Waals surface area contributed by atoms with E-state index < -0.39 is 60.2 Å². The zero-order valence-corrected chi connectivity index (χ0v) is 13.6. The predicted octanol–water partition coefficient (Wildman–Crippen LogP) is 6.26. The van der Waals surface area contributed by atoms with Gasteiger partial charge in [-0.3, -0.25) is 0 Å². The monoisotopic (exact) mass is 480 g/mol. The van der Waals surface area contributed by atoms with E-state index in [2.05, 4.69) is 0 Å². The Morgan fingerprint density at radius 1 is 0.393 bits per heavy atom. The predicted molar refractivity (Wildman–Crippen MR) is 59.9 cm³/mol. The first-order chi connectivity index (χ1) is 11.8. The molecule has 0 nitrogen and oxygen atoms in total. The number of rotatable bonds is 8. The van der Waals surface area contributed by atoms with Crippen LogP contribution in [0.5, 0.6) is 0 Å². The molecule has 0 aromatic heterocycles. The van der Waals surface area contributed by atoms with Gasteiger partial charge in [0.15, 0.2) is 0 Å². The highest BCUT2D eigenvalue weighted by atomic mass is 31.0. The first kappa shape index (κ1) is 27.2. The molecule has 0 aromatic carbocycles. The Hall–Kier alpha value is -0.760. The summed E-state index contributed by atoms with van der Waals surface area (Å²) in [7, 11) is 1.21. The zero-order valence-electron chi connectivity index (χ0n) is 12.4. The maximum Gasteiger partial charge on any atom is 0.460 e. The molecule has 0 saturated heterocycles. The normalized spacial score (nSPS) is 16.5. The van der Waals surface area contributed by atoms with E-state index in [1.807, 2.05) is 0 Å². The first-order valence-corrected chi connectivity index (χ1v) is 7.04. The molecule has 0 spiro atoms. The van der Waals surface area contributed by atoms with Gasteiger partial charge < -0.3 is 0 Å². The lowest BCUT2D eigenvalue weighted by atomic mass is 9.88. The lowest BCUT2D eigenvalue weighted by molar-refractivity contribution is -0.461. The minimum absolute atomic E-state index is 1.21. The summed E-state index contributed by atoms with van der Waals surface area (Å²) in [6.07, 6.45) is -11.4. The van der Waals surface area contributed by atoms with Crippen molar-refractivity contribution in [3.63, 3.8) is 0 Å². The van der Waals surface area contributed by atoms with Gasteiger partial charge in [0.05, 0.1) is 0 Å². The van der Waals surface area contributed by atoms with Crippen molar-refractivity contribution in [1.29, 1.82) is 0 Å². The molecule has 0 saturated carbocycles. The number of hydrogen-bond donors (Lipinski definition) is 0. The molecule has 1 atom stereocenters. The highest BCUT2D eigenvalue weighted by molar-refractivity contribution is 7.16. The fourth-order valence-corrected chi connectivity index (χ4v) is 1.90. The van der Waals surface area contributed by atoms with E-state index in [1.165, 1.54) is 9.24 Å². The van der Waals surface area contributed by atoms with Crippen LogP contribution in [0.15, 0.2) is 0 Å². The van der Waals surface area contributed by atoms with Gasteiger partial charge in [-0.15, -0.1) is 9.24 Å². The molecule has 0 aromatic rings. The summed E-state index contributed by atoms with van der Waals surface area (Å²) in [6, 6.07) is 0. The lowest BCUT2D eigenvalue weighted by Gasteiger charge is -2.42. The number of halogens is 17. The molecule has 0 bridgehead atoms. The quantitative estimate of drug-likeness (QED) is 0.284. The SMILES string of the molecule is FC(F)(F)C(F)(F)C(F)(F)C(F)(F)C(F)(F)C(F)(F)C(F)(F)C(F)(F)CCP. The average molecular weight is 480 g/mol. The van der Waals surface area contributed by atoms with Crippen LogP contribution in [-0.4, -0.2) is 53.8 Å². The molecule has 1 unspecified atom stereocenters. The van der Waals surface area contributed by atoms with Crippen molar-refractivity contribution >= 4 is 9.24 Å². The molecule has 0 amide bonds. The van der Waals surface area contributed by atoms with Crippen LogP contribution in [0.4, 0.5) is 74.6 Å². The maximum atomic E-state index is 13.2. The molecule has 0 fully saturated rings. The van der Waals surface area contributed by atoms with Crippen LogP contribution in [0.1, 0.15) is 6.42 Å². The third kappa shape index (κ3) is 3.38. The minimum atomic E-state index is -8.57. The average Bonchev–Trinajstić information content (AvgIpc) is 2.44. The fraction of sp³-hybridized carbons (Fsp3) is 1.00. The molecule has 18 heteroatoms. The fourth-order valence-electron chi connectivity index (χ4n) is 1.53. The molecule has 0 heterocycles. The van der Waals surface area contributed by atoms with Crippen LogP contribution in [0.25, 0.3) is 0 Å². The van der Waals surface area contributed by atoms with Crippen LogP contribution in [0.3, 0.4) is 0 Å². The Morgan fingerprint density at radius 3 is 0.893 bits per heavy atom. The van der Waals surface area contributed by atoms with Crippen molar-refractivity contribution in [1.82, 2.24) is 0 Å². The van der Waals surface area contributed by atoms with Crippen LogP contribution in [0.2, 0.25) is 0 Å². The van der Waals surface area contributed by atoms with E-state index in [1.54, 1.807) is 0 Å². The molecular formula is C10H6F17P. The Labute approximate surface area is 145 Å². The topological polar surface area (TPSA) is 0 Å². The summed E-state index contributed by atoms with van der Waals surface area (Å²) >= 11 is 0. The molecule has 0 N–H and O–H groups in total. The Bertz CT molecular complexity index is 559. The van der Waals surface area contributed by atoms with Crippen molar-refractivity contribution in [3.8, 4) is 0 Å². The van der Waals surface area contributed by atoms with Crippen LogP contribution in [0, 0.1) is 0 Å². The van der Waals surface area contributed by atoms with Gasteiger partial charge in [-0.05, 0) is 6.16 Å². The van der Waals surface area contributed by atoms with E-state index in [0.717, 1.165) is 0 Å². The third-order valence-electron chi connectivity index (χ3n) is 3.25. The summed E-state index contributed by atoms with van der Waals surface area (Å²) in [5, 5.41) is 0. The van der Waals surface area contributed by atoms with Crippen LogP contribution in [-0.2, 0) is 0 Å². The van der Waals surface area contributed by atoms with E-state index in [9.17, 15) is 74.6 Å². The molecule has 170 valence electrons. The molecule has 0 aliphatic heterocycles. The van der Waals surface area contributed by atoms with E-state index in [-0.39, 0.29) is 0 Å². The van der Waals surface area contributed by atoms with Crippen molar-refractivity contribution < 1.29 is 74.6 Å². The smallest absolute Gasteiger partial charge is 0.200 e. The molecule has 0 aliphatic rings. The minimum Gasteiger partial charge on any atom is -0.200 e. The molecular weight excluding hydrogens is 474 g/mol. The Morgan fingerprint density at radius 2 is 0.643 bits per heavy atom. The maximum absolute atomic E-state index is 13.2. The van der Waals surface area contributed by atoms with Crippen LogP contribution >= 0.6 is 9.24 Å². The second-order valence-electron chi connectivity index (χ2n) is 5.19. The summed E-state index contributed by atoms with van der Waals surface area (Å²) < 4.78 is 217. The van der Waals surface area contributed by atoms with E-state index in [4.69, 9.17) is 0 Å². The molecule has 0 rings (SSSR count). The summed E-state index contributed by atoms with van der Waals surface area (Å²) in [5.41, 5.74) is 0. The summed E-state index contributed by atoms with van der Waals surface area (Å²) in [4.78, 5) is 0.